The van der Waals surface area contributed by atoms with Crippen molar-refractivity contribution in [1.82, 2.24) is 35.6 Å². The van der Waals surface area contributed by atoms with Gasteiger partial charge in [0, 0.05) is 24.0 Å². The maximum atomic E-state index is 12.6. The summed E-state index contributed by atoms with van der Waals surface area (Å²) < 4.78 is 42.8. The normalized spacial score (nSPS) is 12.0. The first kappa shape index (κ1) is 19.8. The van der Waals surface area contributed by atoms with Crippen LogP contribution in [-0.4, -0.2) is 48.4 Å². The third-order valence-corrected chi connectivity index (χ3v) is 3.90. The molecule has 0 aliphatic rings. The Kier molecular flexibility index (Phi) is 5.19. The average Bonchev–Trinajstić information content (AvgIpc) is 3.42. The minimum Gasteiger partial charge on any atom is -0.484 e. The number of fused-ring (bicyclic) bond motifs is 1. The van der Waals surface area contributed by atoms with Crippen LogP contribution in [0.5, 0.6) is 5.75 Å². The molecular formula is C18H12F3N9O. The minimum atomic E-state index is -4.51. The summed E-state index contributed by atoms with van der Waals surface area (Å²) in [6.45, 7) is -1.47. The Bertz CT molecular complexity index is 1240. The third-order valence-electron chi connectivity index (χ3n) is 3.90. The van der Waals surface area contributed by atoms with Crippen LogP contribution in [0.25, 0.3) is 22.3 Å². The van der Waals surface area contributed by atoms with Gasteiger partial charge in [0.05, 0.1) is 5.69 Å². The van der Waals surface area contributed by atoms with Crippen molar-refractivity contribution in [2.45, 2.75) is 6.18 Å². The van der Waals surface area contributed by atoms with E-state index in [9.17, 15) is 18.4 Å². The van der Waals surface area contributed by atoms with Gasteiger partial charge in [-0.15, -0.1) is 20.4 Å². The number of aromatic amines is 1. The second kappa shape index (κ2) is 8.11. The molecule has 0 bridgehead atoms. The van der Waals surface area contributed by atoms with E-state index in [1.807, 2.05) is 6.07 Å². The number of allylic oxidation sites excluding steroid dienone is 1. The number of H-pyrrole nitrogens is 1. The molecule has 0 radical (unpaired) electrons. The molecule has 2 N–H and O–H groups in total. The molecule has 31 heavy (non-hydrogen) atoms. The fourth-order valence-corrected chi connectivity index (χ4v) is 2.58. The summed E-state index contributed by atoms with van der Waals surface area (Å²) in [5, 5.41) is 33.8. The summed E-state index contributed by atoms with van der Waals surface area (Å²) in [6.07, 6.45) is -3.21. The van der Waals surface area contributed by atoms with Crippen molar-refractivity contribution < 1.29 is 17.9 Å². The van der Waals surface area contributed by atoms with Crippen LogP contribution in [-0.2, 0) is 0 Å². The average molecular weight is 427 g/mol. The van der Waals surface area contributed by atoms with Gasteiger partial charge in [0.2, 0.25) is 5.82 Å². The van der Waals surface area contributed by atoms with Crippen molar-refractivity contribution in [3.63, 3.8) is 0 Å². The lowest BCUT2D eigenvalue weighted by Crippen LogP contribution is -2.19. The zero-order chi connectivity index (χ0) is 21.8. The molecule has 0 aliphatic heterocycles. The van der Waals surface area contributed by atoms with Gasteiger partial charge in [-0.05, 0) is 23.4 Å². The Morgan fingerprint density at radius 1 is 1.19 bits per heavy atom. The SMILES string of the molecule is N#CC(=CNc1cc(OCC(F)(F)F)cc(-n2nc3ccccc3n2)c1)c1nn[nH]n1. The fourth-order valence-electron chi connectivity index (χ4n) is 2.58. The smallest absolute Gasteiger partial charge is 0.422 e. The van der Waals surface area contributed by atoms with Crippen LogP contribution in [0.2, 0.25) is 0 Å². The summed E-state index contributed by atoms with van der Waals surface area (Å²) in [6, 6.07) is 13.3. The monoisotopic (exact) mass is 427 g/mol. The number of nitrogens with zero attached hydrogens (tertiary/aromatic N) is 7. The number of tetrazole rings is 1. The summed E-state index contributed by atoms with van der Waals surface area (Å²) in [7, 11) is 0. The Balaban J connectivity index is 1.70. The Morgan fingerprint density at radius 3 is 2.55 bits per heavy atom. The maximum Gasteiger partial charge on any atom is 0.422 e. The van der Waals surface area contributed by atoms with Crippen LogP contribution < -0.4 is 10.1 Å². The molecule has 13 heteroatoms. The number of nitrogens with one attached hydrogen (secondary N) is 2. The van der Waals surface area contributed by atoms with E-state index >= 15 is 0 Å². The van der Waals surface area contributed by atoms with Crippen molar-refractivity contribution in [2.75, 3.05) is 11.9 Å². The van der Waals surface area contributed by atoms with E-state index in [1.54, 1.807) is 30.3 Å². The topological polar surface area (TPSA) is 130 Å². The minimum absolute atomic E-state index is 0.0553. The third kappa shape index (κ3) is 4.75. The second-order valence-electron chi connectivity index (χ2n) is 6.15. The molecule has 0 unspecified atom stereocenters. The van der Waals surface area contributed by atoms with Crippen LogP contribution in [0.15, 0.2) is 48.7 Å². The van der Waals surface area contributed by atoms with E-state index in [2.05, 4.69) is 36.1 Å². The van der Waals surface area contributed by atoms with E-state index in [1.165, 1.54) is 23.1 Å². The lowest BCUT2D eigenvalue weighted by atomic mass is 10.2. The quantitative estimate of drug-likeness (QED) is 0.449. The largest absolute Gasteiger partial charge is 0.484 e. The predicted octanol–water partition coefficient (Wildman–Crippen LogP) is 2.85. The predicted molar refractivity (Wildman–Crippen MR) is 102 cm³/mol. The van der Waals surface area contributed by atoms with Gasteiger partial charge in [-0.1, -0.05) is 12.1 Å². The van der Waals surface area contributed by atoms with Crippen LogP contribution in [0.3, 0.4) is 0 Å². The molecule has 156 valence electrons. The van der Waals surface area contributed by atoms with Gasteiger partial charge in [0.15, 0.2) is 6.61 Å². The van der Waals surface area contributed by atoms with Crippen molar-refractivity contribution in [1.29, 1.82) is 5.26 Å². The lowest BCUT2D eigenvalue weighted by Gasteiger charge is -2.12. The molecule has 0 atom stereocenters. The van der Waals surface area contributed by atoms with Gasteiger partial charge in [-0.25, -0.2) is 0 Å². The number of alkyl halides is 3. The van der Waals surface area contributed by atoms with Gasteiger partial charge in [-0.3, -0.25) is 0 Å². The Morgan fingerprint density at radius 2 is 1.94 bits per heavy atom. The second-order valence-corrected chi connectivity index (χ2v) is 6.15. The Labute approximate surface area is 171 Å². The van der Waals surface area contributed by atoms with Crippen molar-refractivity contribution in [3.05, 3.63) is 54.5 Å². The van der Waals surface area contributed by atoms with Crippen LogP contribution in [0.1, 0.15) is 5.82 Å². The van der Waals surface area contributed by atoms with E-state index in [0.717, 1.165) is 0 Å². The highest BCUT2D eigenvalue weighted by Crippen LogP contribution is 2.26. The number of halogens is 3. The van der Waals surface area contributed by atoms with E-state index in [4.69, 9.17) is 4.74 Å². The summed E-state index contributed by atoms with van der Waals surface area (Å²) in [4.78, 5) is 1.28. The van der Waals surface area contributed by atoms with Crippen LogP contribution in [0, 0.1) is 11.3 Å². The number of rotatable bonds is 6. The van der Waals surface area contributed by atoms with Crippen LogP contribution in [0.4, 0.5) is 18.9 Å². The molecule has 0 amide bonds. The summed E-state index contributed by atoms with van der Waals surface area (Å²) in [5.74, 6) is -0.00941. The van der Waals surface area contributed by atoms with Crippen LogP contribution >= 0.6 is 0 Å². The fraction of sp³-hybridized carbons (Fsp3) is 0.111. The maximum absolute atomic E-state index is 12.6. The summed E-state index contributed by atoms with van der Waals surface area (Å²) >= 11 is 0. The van der Waals surface area contributed by atoms with Crippen molar-refractivity contribution in [3.8, 4) is 17.5 Å². The number of hydrogen-bond acceptors (Lipinski definition) is 8. The zero-order valence-electron chi connectivity index (χ0n) is 15.5. The van der Waals surface area contributed by atoms with Gasteiger partial charge in [-0.2, -0.15) is 28.4 Å². The number of hydrogen-bond donors (Lipinski definition) is 2. The van der Waals surface area contributed by atoms with Gasteiger partial charge >= 0.3 is 6.18 Å². The first-order chi connectivity index (χ1) is 14.9. The van der Waals surface area contributed by atoms with Gasteiger partial charge in [0.25, 0.3) is 0 Å². The first-order valence-corrected chi connectivity index (χ1v) is 8.69. The van der Waals surface area contributed by atoms with Crippen molar-refractivity contribution >= 4 is 22.3 Å². The molecule has 2 aromatic carbocycles. The molecule has 0 saturated carbocycles. The van der Waals surface area contributed by atoms with Gasteiger partial charge in [0.1, 0.15) is 28.4 Å². The number of nitriles is 1. The van der Waals surface area contributed by atoms with E-state index < -0.39 is 12.8 Å². The standard InChI is InChI=1S/C18H12F3N9O/c19-18(20,21)10-31-14-6-12(23-9-11(8-22)17-24-28-29-25-17)5-13(7-14)30-26-15-3-1-2-4-16(15)27-30/h1-7,9,23H,10H2,(H,24,25,28,29). The number of anilines is 1. The molecule has 2 aromatic heterocycles. The first-order valence-electron chi connectivity index (χ1n) is 8.69. The lowest BCUT2D eigenvalue weighted by molar-refractivity contribution is -0.153. The highest BCUT2D eigenvalue weighted by molar-refractivity contribution is 5.75. The number of ether oxygens (including phenoxy) is 1. The van der Waals surface area contributed by atoms with E-state index in [-0.39, 0.29) is 17.1 Å². The molecule has 4 aromatic rings. The molecular weight excluding hydrogens is 415 g/mol. The molecule has 2 heterocycles. The van der Waals surface area contributed by atoms with Gasteiger partial charge < -0.3 is 10.1 Å². The molecule has 0 fully saturated rings. The molecule has 10 nitrogen and oxygen atoms in total. The molecule has 0 spiro atoms. The zero-order valence-corrected chi connectivity index (χ0v) is 15.5. The highest BCUT2D eigenvalue weighted by Gasteiger charge is 2.28. The summed E-state index contributed by atoms with van der Waals surface area (Å²) in [5.41, 5.74) is 1.96. The molecule has 4 rings (SSSR count). The number of aromatic nitrogens is 7. The molecule has 0 saturated heterocycles. The number of benzene rings is 2. The van der Waals surface area contributed by atoms with Crippen molar-refractivity contribution in [2.24, 2.45) is 0 Å². The Hall–Kier alpha value is -4.47. The highest BCUT2D eigenvalue weighted by atomic mass is 19.4. The van der Waals surface area contributed by atoms with E-state index in [0.29, 0.717) is 22.4 Å². The molecule has 0 aliphatic carbocycles.